The van der Waals surface area contributed by atoms with Crippen molar-refractivity contribution >= 4 is 17.2 Å². The molecule has 0 aliphatic carbocycles. The molecule has 0 aromatic rings. The maximum absolute atomic E-state index is 9.63. The van der Waals surface area contributed by atoms with Gasteiger partial charge in [0.05, 0.1) is 0 Å². The maximum Gasteiger partial charge on any atom is 0.405 e. The number of carbonyl (C=O) groups is 1. The summed E-state index contributed by atoms with van der Waals surface area (Å²) in [4.78, 5) is 9.63. The number of nitrogens with two attached hydrogens (primary N) is 1. The summed E-state index contributed by atoms with van der Waals surface area (Å²) in [7, 11) is 0. The zero-order valence-corrected chi connectivity index (χ0v) is 4.64. The fourth-order valence-electron chi connectivity index (χ4n) is 0.106. The standard InChI is InChI=1S/C2H5NO4S/c3-2(4)7-1-8(5)6/h1H2,(H2,3,4)(H,5,6)/p-1. The lowest BCUT2D eigenvalue weighted by molar-refractivity contribution is 0.174. The van der Waals surface area contributed by atoms with Crippen molar-refractivity contribution in [2.24, 2.45) is 5.73 Å². The van der Waals surface area contributed by atoms with Crippen LogP contribution in [0.3, 0.4) is 0 Å². The minimum atomic E-state index is -2.36. The van der Waals surface area contributed by atoms with Crippen molar-refractivity contribution in [2.75, 3.05) is 5.94 Å². The molecule has 0 saturated heterocycles. The molecule has 8 heavy (non-hydrogen) atoms. The van der Waals surface area contributed by atoms with E-state index in [0.717, 1.165) is 0 Å². The molecule has 0 heterocycles. The maximum atomic E-state index is 9.63. The van der Waals surface area contributed by atoms with Crippen LogP contribution in [0.15, 0.2) is 0 Å². The van der Waals surface area contributed by atoms with Crippen LogP contribution >= 0.6 is 0 Å². The van der Waals surface area contributed by atoms with Crippen LogP contribution in [0, 0.1) is 0 Å². The van der Waals surface area contributed by atoms with Gasteiger partial charge >= 0.3 is 6.09 Å². The van der Waals surface area contributed by atoms with Gasteiger partial charge in [-0.05, 0) is 11.1 Å². The monoisotopic (exact) mass is 138 g/mol. The Labute approximate surface area is 48.1 Å². The van der Waals surface area contributed by atoms with Crippen molar-refractivity contribution in [1.29, 1.82) is 0 Å². The molecular weight excluding hydrogens is 134 g/mol. The van der Waals surface area contributed by atoms with Gasteiger partial charge in [0.2, 0.25) is 0 Å². The highest BCUT2D eigenvalue weighted by Gasteiger charge is 1.89. The van der Waals surface area contributed by atoms with Crippen LogP contribution in [0.4, 0.5) is 4.79 Å². The van der Waals surface area contributed by atoms with E-state index in [2.05, 4.69) is 10.5 Å². The highest BCUT2D eigenvalue weighted by molar-refractivity contribution is 7.78. The normalized spacial score (nSPS) is 12.6. The van der Waals surface area contributed by atoms with Gasteiger partial charge < -0.3 is 15.0 Å². The molecule has 0 rings (SSSR count). The molecule has 6 heteroatoms. The lowest BCUT2D eigenvalue weighted by Crippen LogP contribution is -2.15. The first-order valence-corrected chi connectivity index (χ1v) is 2.85. The van der Waals surface area contributed by atoms with E-state index in [9.17, 15) is 13.6 Å². The summed E-state index contributed by atoms with van der Waals surface area (Å²) in [6.45, 7) is 0. The van der Waals surface area contributed by atoms with Crippen LogP contribution in [-0.4, -0.2) is 20.8 Å². The van der Waals surface area contributed by atoms with E-state index in [1.54, 1.807) is 0 Å². The van der Waals surface area contributed by atoms with E-state index in [0.29, 0.717) is 0 Å². The smallest absolute Gasteiger partial charge is 0.405 e. The Balaban J connectivity index is 3.18. The van der Waals surface area contributed by atoms with Gasteiger partial charge in [-0.3, -0.25) is 4.21 Å². The van der Waals surface area contributed by atoms with Gasteiger partial charge in [0.15, 0.2) is 5.94 Å². The van der Waals surface area contributed by atoms with Crippen LogP contribution in [0.5, 0.6) is 0 Å². The fraction of sp³-hybridized carbons (Fsp3) is 0.500. The zero-order chi connectivity index (χ0) is 6.57. The minimum Gasteiger partial charge on any atom is -0.770 e. The van der Waals surface area contributed by atoms with Crippen LogP contribution in [0.1, 0.15) is 0 Å². The largest absolute Gasteiger partial charge is 0.770 e. The second-order valence-corrected chi connectivity index (χ2v) is 1.73. The van der Waals surface area contributed by atoms with Crippen molar-refractivity contribution in [2.45, 2.75) is 0 Å². The molecule has 1 unspecified atom stereocenters. The fourth-order valence-corrected chi connectivity index (χ4v) is 0.319. The Bertz CT molecular complexity index is 98.6. The van der Waals surface area contributed by atoms with Crippen molar-refractivity contribution < 1.29 is 18.3 Å². The van der Waals surface area contributed by atoms with E-state index < -0.39 is 23.1 Å². The molecule has 5 nitrogen and oxygen atoms in total. The number of rotatable bonds is 2. The first-order valence-electron chi connectivity index (χ1n) is 1.61. The van der Waals surface area contributed by atoms with Crippen molar-refractivity contribution in [3.63, 3.8) is 0 Å². The number of hydrogen-bond acceptors (Lipinski definition) is 4. The van der Waals surface area contributed by atoms with Crippen LogP contribution in [-0.2, 0) is 15.8 Å². The number of hydrogen-bond donors (Lipinski definition) is 1. The van der Waals surface area contributed by atoms with Gasteiger partial charge in [0.25, 0.3) is 0 Å². The van der Waals surface area contributed by atoms with Gasteiger partial charge in [-0.15, -0.1) is 0 Å². The van der Waals surface area contributed by atoms with Crippen LogP contribution < -0.4 is 5.73 Å². The summed E-state index contributed by atoms with van der Waals surface area (Å²) in [6, 6.07) is 0. The first-order chi connectivity index (χ1) is 3.63. The predicted octanol–water partition coefficient (Wildman–Crippen LogP) is -1.08. The zero-order valence-electron chi connectivity index (χ0n) is 3.83. The summed E-state index contributed by atoms with van der Waals surface area (Å²) < 4.78 is 23.0. The Morgan fingerprint density at radius 1 is 1.88 bits per heavy atom. The van der Waals surface area contributed by atoms with Gasteiger partial charge in [-0.1, -0.05) is 0 Å². The first kappa shape index (κ1) is 7.38. The topological polar surface area (TPSA) is 92.5 Å². The van der Waals surface area contributed by atoms with Crippen LogP contribution in [0.25, 0.3) is 0 Å². The Morgan fingerprint density at radius 3 is 2.50 bits per heavy atom. The lowest BCUT2D eigenvalue weighted by atomic mass is 11.2. The molecule has 48 valence electrons. The Kier molecular flexibility index (Phi) is 3.13. The highest BCUT2D eigenvalue weighted by Crippen LogP contribution is 1.75. The molecule has 0 aromatic carbocycles. The van der Waals surface area contributed by atoms with Gasteiger partial charge in [0.1, 0.15) is 0 Å². The third kappa shape index (κ3) is 5.38. The minimum absolute atomic E-state index is 0.671. The van der Waals surface area contributed by atoms with E-state index in [4.69, 9.17) is 0 Å². The summed E-state index contributed by atoms with van der Waals surface area (Å²) >= 11 is -2.36. The molecule has 1 atom stereocenters. The summed E-state index contributed by atoms with van der Waals surface area (Å²) in [6.07, 6.45) is -1.09. The van der Waals surface area contributed by atoms with E-state index in [1.165, 1.54) is 0 Å². The molecule has 0 bridgehead atoms. The van der Waals surface area contributed by atoms with Gasteiger partial charge in [-0.25, -0.2) is 4.79 Å². The molecule has 0 saturated carbocycles. The average Bonchev–Trinajstić information content (AvgIpc) is 1.61. The molecule has 1 amide bonds. The van der Waals surface area contributed by atoms with Crippen molar-refractivity contribution in [3.8, 4) is 0 Å². The molecule has 0 spiro atoms. The number of ether oxygens (including phenoxy) is 1. The predicted molar refractivity (Wildman–Crippen MR) is 24.5 cm³/mol. The highest BCUT2D eigenvalue weighted by atomic mass is 32.2. The second-order valence-electron chi connectivity index (χ2n) is 0.885. The van der Waals surface area contributed by atoms with Crippen molar-refractivity contribution in [1.82, 2.24) is 0 Å². The Morgan fingerprint density at radius 2 is 2.38 bits per heavy atom. The summed E-state index contributed by atoms with van der Waals surface area (Å²) in [5.41, 5.74) is 4.41. The van der Waals surface area contributed by atoms with E-state index in [-0.39, 0.29) is 0 Å². The second kappa shape index (κ2) is 3.39. The third-order valence-corrected chi connectivity index (χ3v) is 0.608. The molecule has 0 aliphatic rings. The molecule has 0 aromatic heterocycles. The molecule has 0 radical (unpaired) electrons. The average molecular weight is 138 g/mol. The molecule has 0 aliphatic heterocycles. The van der Waals surface area contributed by atoms with Crippen LogP contribution in [0.2, 0.25) is 0 Å². The van der Waals surface area contributed by atoms with Gasteiger partial charge in [0, 0.05) is 0 Å². The third-order valence-electron chi connectivity index (χ3n) is 0.297. The summed E-state index contributed by atoms with van der Waals surface area (Å²) in [5.74, 6) is -0.671. The number of primary amides is 1. The lowest BCUT2D eigenvalue weighted by Gasteiger charge is -2.01. The molecule has 0 fully saturated rings. The van der Waals surface area contributed by atoms with E-state index in [1.807, 2.05) is 0 Å². The Hall–Kier alpha value is -0.620. The number of carbonyl (C=O) groups excluding carboxylic acids is 1. The molecule has 2 N–H and O–H groups in total. The van der Waals surface area contributed by atoms with Crippen molar-refractivity contribution in [3.05, 3.63) is 0 Å². The van der Waals surface area contributed by atoms with E-state index >= 15 is 0 Å². The quantitative estimate of drug-likeness (QED) is 0.491. The summed E-state index contributed by atoms with van der Waals surface area (Å²) in [5, 5.41) is 0. The van der Waals surface area contributed by atoms with Gasteiger partial charge in [-0.2, -0.15) is 0 Å². The SMILES string of the molecule is NC(=O)OCS(=O)[O-]. The number of amides is 1. The molecular formula is C2H4NO4S-.